The lowest BCUT2D eigenvalue weighted by atomic mass is 10.0. The number of hydrogen-bond donors (Lipinski definition) is 2. The van der Waals surface area contributed by atoms with Crippen LogP contribution in [0.1, 0.15) is 29.6 Å². The summed E-state index contributed by atoms with van der Waals surface area (Å²) >= 11 is 0. The van der Waals surface area contributed by atoms with Crippen molar-refractivity contribution >= 4 is 5.91 Å². The Labute approximate surface area is 139 Å². The Morgan fingerprint density at radius 3 is 2.50 bits per heavy atom. The highest BCUT2D eigenvalue weighted by molar-refractivity contribution is 5.94. The van der Waals surface area contributed by atoms with Crippen molar-refractivity contribution in [2.24, 2.45) is 5.92 Å². The monoisotopic (exact) mass is 331 g/mol. The molecule has 3 rings (SSSR count). The second-order valence-electron chi connectivity index (χ2n) is 6.23. The number of rotatable bonds is 4. The summed E-state index contributed by atoms with van der Waals surface area (Å²) in [7, 11) is 0. The average molecular weight is 331 g/mol. The zero-order chi connectivity index (χ0) is 17.1. The molecular weight excluding hydrogens is 312 g/mol. The molecule has 2 N–H and O–H groups in total. The van der Waals surface area contributed by atoms with E-state index in [-0.39, 0.29) is 24.5 Å². The SMILES string of the molecule is O=C(NC1CC[C@H](CO)C1)c1ccc(-c2ccc(F)cc2F)cc1. The molecule has 1 aliphatic rings. The minimum absolute atomic E-state index is 0.0869. The van der Waals surface area contributed by atoms with Crippen LogP contribution < -0.4 is 5.32 Å². The van der Waals surface area contributed by atoms with Crippen molar-refractivity contribution in [3.8, 4) is 11.1 Å². The Balaban J connectivity index is 1.69. The fourth-order valence-electron chi connectivity index (χ4n) is 3.17. The smallest absolute Gasteiger partial charge is 0.251 e. The van der Waals surface area contributed by atoms with E-state index in [4.69, 9.17) is 5.11 Å². The highest BCUT2D eigenvalue weighted by atomic mass is 19.1. The van der Waals surface area contributed by atoms with E-state index < -0.39 is 11.6 Å². The molecule has 1 amide bonds. The van der Waals surface area contributed by atoms with Gasteiger partial charge in [0.2, 0.25) is 0 Å². The lowest BCUT2D eigenvalue weighted by molar-refractivity contribution is 0.0936. The number of hydrogen-bond acceptors (Lipinski definition) is 2. The van der Waals surface area contributed by atoms with Gasteiger partial charge in [-0.15, -0.1) is 0 Å². The normalized spacial score (nSPS) is 20.1. The van der Waals surface area contributed by atoms with Gasteiger partial charge in [-0.2, -0.15) is 0 Å². The molecule has 0 aromatic heterocycles. The van der Waals surface area contributed by atoms with Crippen LogP contribution in [0.3, 0.4) is 0 Å². The maximum atomic E-state index is 13.8. The van der Waals surface area contributed by atoms with Crippen molar-refractivity contribution in [3.63, 3.8) is 0 Å². The summed E-state index contributed by atoms with van der Waals surface area (Å²) in [6, 6.07) is 10.1. The quantitative estimate of drug-likeness (QED) is 0.900. The van der Waals surface area contributed by atoms with E-state index in [0.29, 0.717) is 16.7 Å². The van der Waals surface area contributed by atoms with E-state index in [1.165, 1.54) is 12.1 Å². The van der Waals surface area contributed by atoms with Gasteiger partial charge in [-0.1, -0.05) is 12.1 Å². The Bertz CT molecular complexity index is 731. The molecule has 0 bridgehead atoms. The predicted octanol–water partition coefficient (Wildman–Crippen LogP) is 3.52. The standard InChI is InChI=1S/C19H19F2NO2/c20-15-6-8-17(18(21)10-15)13-2-4-14(5-3-13)19(24)22-16-7-1-12(9-16)11-23/h2-6,8,10,12,16,23H,1,7,9,11H2,(H,22,24)/t12-,16?/m0/s1. The second kappa shape index (κ2) is 7.09. The maximum absolute atomic E-state index is 13.8. The number of carbonyl (C=O) groups is 1. The molecule has 126 valence electrons. The Morgan fingerprint density at radius 1 is 1.12 bits per heavy atom. The van der Waals surface area contributed by atoms with Crippen LogP contribution in [-0.4, -0.2) is 23.7 Å². The summed E-state index contributed by atoms with van der Waals surface area (Å²) < 4.78 is 26.8. The van der Waals surface area contributed by atoms with Crippen LogP contribution in [-0.2, 0) is 0 Å². The van der Waals surface area contributed by atoms with Crippen LogP contribution in [0.15, 0.2) is 42.5 Å². The summed E-state index contributed by atoms with van der Waals surface area (Å²) in [4.78, 5) is 12.3. The first-order valence-corrected chi connectivity index (χ1v) is 8.04. The van der Waals surface area contributed by atoms with E-state index in [1.54, 1.807) is 24.3 Å². The molecule has 2 aromatic rings. The van der Waals surface area contributed by atoms with Gasteiger partial charge >= 0.3 is 0 Å². The van der Waals surface area contributed by atoms with Crippen molar-refractivity contribution in [3.05, 3.63) is 59.7 Å². The lowest BCUT2D eigenvalue weighted by Gasteiger charge is -2.13. The highest BCUT2D eigenvalue weighted by Gasteiger charge is 2.25. The average Bonchev–Trinajstić information content (AvgIpc) is 3.03. The number of carbonyl (C=O) groups excluding carboxylic acids is 1. The predicted molar refractivity (Wildman–Crippen MR) is 87.5 cm³/mol. The zero-order valence-corrected chi connectivity index (χ0v) is 13.1. The van der Waals surface area contributed by atoms with Crippen LogP contribution in [0, 0.1) is 17.6 Å². The maximum Gasteiger partial charge on any atom is 0.251 e. The summed E-state index contributed by atoms with van der Waals surface area (Å²) in [5, 5.41) is 12.1. The molecular formula is C19H19F2NO2. The largest absolute Gasteiger partial charge is 0.396 e. The van der Waals surface area contributed by atoms with Crippen LogP contribution in [0.4, 0.5) is 8.78 Å². The number of benzene rings is 2. The van der Waals surface area contributed by atoms with Crippen molar-refractivity contribution in [2.75, 3.05) is 6.61 Å². The number of aliphatic hydroxyl groups is 1. The molecule has 1 aliphatic carbocycles. The van der Waals surface area contributed by atoms with Gasteiger partial charge in [0.25, 0.3) is 5.91 Å². The van der Waals surface area contributed by atoms with Crippen molar-refractivity contribution in [2.45, 2.75) is 25.3 Å². The zero-order valence-electron chi connectivity index (χ0n) is 13.1. The molecule has 0 spiro atoms. The Hall–Kier alpha value is -2.27. The van der Waals surface area contributed by atoms with Gasteiger partial charge in [-0.25, -0.2) is 8.78 Å². The summed E-state index contributed by atoms with van der Waals surface area (Å²) in [5.41, 5.74) is 1.38. The first-order chi connectivity index (χ1) is 11.6. The minimum atomic E-state index is -0.631. The van der Waals surface area contributed by atoms with Gasteiger partial charge in [0.1, 0.15) is 11.6 Å². The molecule has 0 radical (unpaired) electrons. The van der Waals surface area contributed by atoms with Crippen LogP contribution in [0.2, 0.25) is 0 Å². The molecule has 1 fully saturated rings. The third-order valence-corrected chi connectivity index (χ3v) is 4.52. The Morgan fingerprint density at radius 2 is 1.88 bits per heavy atom. The molecule has 1 saturated carbocycles. The van der Waals surface area contributed by atoms with Gasteiger partial charge in [0.05, 0.1) is 0 Å². The van der Waals surface area contributed by atoms with Crippen molar-refractivity contribution in [1.82, 2.24) is 5.32 Å². The molecule has 2 atom stereocenters. The number of nitrogens with one attached hydrogen (secondary N) is 1. The third kappa shape index (κ3) is 3.62. The van der Waals surface area contributed by atoms with E-state index in [2.05, 4.69) is 5.32 Å². The van der Waals surface area contributed by atoms with E-state index in [1.807, 2.05) is 0 Å². The van der Waals surface area contributed by atoms with E-state index in [9.17, 15) is 13.6 Å². The molecule has 0 aliphatic heterocycles. The van der Waals surface area contributed by atoms with Gasteiger partial charge in [0.15, 0.2) is 0 Å². The molecule has 3 nitrogen and oxygen atoms in total. The van der Waals surface area contributed by atoms with E-state index >= 15 is 0 Å². The number of aliphatic hydroxyl groups excluding tert-OH is 1. The van der Waals surface area contributed by atoms with Crippen molar-refractivity contribution < 1.29 is 18.7 Å². The number of amides is 1. The molecule has 2 aromatic carbocycles. The van der Waals surface area contributed by atoms with Gasteiger partial charge in [-0.3, -0.25) is 4.79 Å². The summed E-state index contributed by atoms with van der Waals surface area (Å²) in [5.74, 6) is -1.16. The molecule has 0 saturated heterocycles. The molecule has 0 heterocycles. The molecule has 1 unspecified atom stereocenters. The summed E-state index contributed by atoms with van der Waals surface area (Å²) in [6.45, 7) is 0.157. The van der Waals surface area contributed by atoms with Crippen LogP contribution in [0.25, 0.3) is 11.1 Å². The molecule has 24 heavy (non-hydrogen) atoms. The molecule has 5 heteroatoms. The number of halogens is 2. The van der Waals surface area contributed by atoms with E-state index in [0.717, 1.165) is 25.3 Å². The topological polar surface area (TPSA) is 49.3 Å². The van der Waals surface area contributed by atoms with Crippen LogP contribution >= 0.6 is 0 Å². The highest BCUT2D eigenvalue weighted by Crippen LogP contribution is 2.26. The Kier molecular flexibility index (Phi) is 4.90. The van der Waals surface area contributed by atoms with Gasteiger partial charge < -0.3 is 10.4 Å². The first-order valence-electron chi connectivity index (χ1n) is 8.04. The summed E-state index contributed by atoms with van der Waals surface area (Å²) in [6.07, 6.45) is 2.58. The van der Waals surface area contributed by atoms with Crippen LogP contribution in [0.5, 0.6) is 0 Å². The second-order valence-corrected chi connectivity index (χ2v) is 6.23. The fourth-order valence-corrected chi connectivity index (χ4v) is 3.17. The minimum Gasteiger partial charge on any atom is -0.396 e. The van der Waals surface area contributed by atoms with Gasteiger partial charge in [0, 0.05) is 29.8 Å². The van der Waals surface area contributed by atoms with Crippen molar-refractivity contribution in [1.29, 1.82) is 0 Å². The first kappa shape index (κ1) is 16.6. The third-order valence-electron chi connectivity index (χ3n) is 4.52. The van der Waals surface area contributed by atoms with Gasteiger partial charge in [-0.05, 0) is 55.0 Å². The lowest BCUT2D eigenvalue weighted by Crippen LogP contribution is -2.33. The fraction of sp³-hybridized carbons (Fsp3) is 0.316.